The molecule has 0 unspecified atom stereocenters. The van der Waals surface area contributed by atoms with Crippen molar-refractivity contribution in [3.05, 3.63) is 76.9 Å². The van der Waals surface area contributed by atoms with Gasteiger partial charge in [0, 0.05) is 15.9 Å². The molecule has 0 amide bonds. The molecule has 0 saturated carbocycles. The zero-order chi connectivity index (χ0) is 16.2. The number of aryl methyl sites for hydroxylation is 1. The van der Waals surface area contributed by atoms with E-state index in [2.05, 4.69) is 38.7 Å². The predicted octanol–water partition coefficient (Wildman–Crippen LogP) is 4.92. The van der Waals surface area contributed by atoms with E-state index in [1.165, 1.54) is 0 Å². The topological polar surface area (TPSA) is 42.2 Å². The Kier molecular flexibility index (Phi) is 4.63. The third kappa shape index (κ3) is 3.54. The van der Waals surface area contributed by atoms with Crippen molar-refractivity contribution >= 4 is 21.9 Å². The number of carbonyl (C=O) groups is 1. The Morgan fingerprint density at radius 2 is 1.65 bits per heavy atom. The third-order valence-corrected chi connectivity index (χ3v) is 4.24. The molecule has 1 aromatic heterocycles. The molecule has 0 saturated heterocycles. The number of halogens is 1. The van der Waals surface area contributed by atoms with E-state index in [0.29, 0.717) is 6.42 Å². The fourth-order valence-electron chi connectivity index (χ4n) is 2.64. The number of nitrogens with zero attached hydrogens (tertiary/aromatic N) is 1. The van der Waals surface area contributed by atoms with Gasteiger partial charge in [0.2, 0.25) is 0 Å². The molecular formula is C19H16BrNO2. The van der Waals surface area contributed by atoms with E-state index >= 15 is 0 Å². The molecule has 0 aliphatic rings. The van der Waals surface area contributed by atoms with Crippen molar-refractivity contribution in [3.63, 3.8) is 0 Å². The molecule has 0 atom stereocenters. The fraction of sp³-hybridized carbons (Fsp3) is 0.105. The van der Waals surface area contributed by atoms with Gasteiger partial charge in [0.1, 0.15) is 0 Å². The highest BCUT2D eigenvalue weighted by atomic mass is 79.9. The first-order valence-electron chi connectivity index (χ1n) is 7.39. The largest absolute Gasteiger partial charge is 0.481 e. The standard InChI is InChI=1S/C19H16BrNO2/c20-15-6-8-16(9-7-15)21-17(11-13-19(22)23)10-12-18(21)14-4-2-1-3-5-14/h1-10,12H,11,13H2,(H,22,23). The van der Waals surface area contributed by atoms with Gasteiger partial charge >= 0.3 is 5.97 Å². The first kappa shape index (κ1) is 15.6. The summed E-state index contributed by atoms with van der Waals surface area (Å²) >= 11 is 3.45. The zero-order valence-corrected chi connectivity index (χ0v) is 14.0. The van der Waals surface area contributed by atoms with Gasteiger partial charge in [0.05, 0.1) is 12.1 Å². The van der Waals surface area contributed by atoms with Gasteiger partial charge in [-0.05, 0) is 48.4 Å². The maximum atomic E-state index is 10.9. The van der Waals surface area contributed by atoms with Crippen LogP contribution < -0.4 is 0 Å². The molecule has 2 aromatic carbocycles. The van der Waals surface area contributed by atoms with Gasteiger partial charge in [0.25, 0.3) is 0 Å². The van der Waals surface area contributed by atoms with E-state index in [0.717, 1.165) is 27.1 Å². The normalized spacial score (nSPS) is 10.7. The monoisotopic (exact) mass is 369 g/mol. The van der Waals surface area contributed by atoms with Crippen LogP contribution in [0.4, 0.5) is 0 Å². The van der Waals surface area contributed by atoms with Gasteiger partial charge in [-0.1, -0.05) is 46.3 Å². The van der Waals surface area contributed by atoms with Crippen LogP contribution in [0.1, 0.15) is 12.1 Å². The number of aromatic nitrogens is 1. The number of carboxylic acid groups (broad SMARTS) is 1. The average molecular weight is 370 g/mol. The lowest BCUT2D eigenvalue weighted by Crippen LogP contribution is -2.05. The number of carboxylic acids is 1. The Hall–Kier alpha value is -2.33. The van der Waals surface area contributed by atoms with E-state index in [-0.39, 0.29) is 6.42 Å². The number of aliphatic carboxylic acids is 1. The fourth-order valence-corrected chi connectivity index (χ4v) is 2.90. The Morgan fingerprint density at radius 1 is 0.957 bits per heavy atom. The Balaban J connectivity index is 2.10. The molecule has 0 spiro atoms. The van der Waals surface area contributed by atoms with Crippen LogP contribution in [0, 0.1) is 0 Å². The minimum absolute atomic E-state index is 0.120. The Morgan fingerprint density at radius 3 is 2.30 bits per heavy atom. The molecule has 3 rings (SSSR count). The maximum absolute atomic E-state index is 10.9. The van der Waals surface area contributed by atoms with Crippen molar-refractivity contribution < 1.29 is 9.90 Å². The maximum Gasteiger partial charge on any atom is 0.303 e. The van der Waals surface area contributed by atoms with E-state index in [4.69, 9.17) is 5.11 Å². The first-order valence-corrected chi connectivity index (χ1v) is 8.18. The number of hydrogen-bond donors (Lipinski definition) is 1. The Labute approximate surface area is 143 Å². The highest BCUT2D eigenvalue weighted by molar-refractivity contribution is 9.10. The lowest BCUT2D eigenvalue weighted by Gasteiger charge is -2.14. The van der Waals surface area contributed by atoms with Crippen molar-refractivity contribution in [1.82, 2.24) is 4.57 Å². The highest BCUT2D eigenvalue weighted by Gasteiger charge is 2.12. The van der Waals surface area contributed by atoms with Crippen LogP contribution in [0.5, 0.6) is 0 Å². The molecule has 0 aliphatic carbocycles. The van der Waals surface area contributed by atoms with Gasteiger partial charge in [0.15, 0.2) is 0 Å². The lowest BCUT2D eigenvalue weighted by molar-refractivity contribution is -0.136. The quantitative estimate of drug-likeness (QED) is 0.693. The number of benzene rings is 2. The second kappa shape index (κ2) is 6.84. The molecule has 116 valence electrons. The lowest BCUT2D eigenvalue weighted by atomic mass is 10.1. The molecule has 3 aromatic rings. The van der Waals surface area contributed by atoms with Crippen molar-refractivity contribution in [1.29, 1.82) is 0 Å². The minimum atomic E-state index is -0.783. The van der Waals surface area contributed by atoms with Crippen molar-refractivity contribution in [2.45, 2.75) is 12.8 Å². The molecule has 0 fully saturated rings. The number of hydrogen-bond acceptors (Lipinski definition) is 1. The van der Waals surface area contributed by atoms with Crippen LogP contribution in [0.3, 0.4) is 0 Å². The van der Waals surface area contributed by atoms with Crippen LogP contribution in [0.2, 0.25) is 0 Å². The third-order valence-electron chi connectivity index (χ3n) is 3.71. The summed E-state index contributed by atoms with van der Waals surface area (Å²) in [4.78, 5) is 10.9. The van der Waals surface area contributed by atoms with Gasteiger partial charge < -0.3 is 9.67 Å². The van der Waals surface area contributed by atoms with Crippen LogP contribution >= 0.6 is 15.9 Å². The summed E-state index contributed by atoms with van der Waals surface area (Å²) < 4.78 is 3.15. The number of rotatable bonds is 5. The minimum Gasteiger partial charge on any atom is -0.481 e. The molecule has 0 aliphatic heterocycles. The zero-order valence-electron chi connectivity index (χ0n) is 12.4. The molecule has 1 N–H and O–H groups in total. The average Bonchev–Trinajstić information content (AvgIpc) is 2.98. The first-order chi connectivity index (χ1) is 11.1. The summed E-state index contributed by atoms with van der Waals surface area (Å²) in [5.41, 5.74) is 4.19. The summed E-state index contributed by atoms with van der Waals surface area (Å²) in [7, 11) is 0. The SMILES string of the molecule is O=C(O)CCc1ccc(-c2ccccc2)n1-c1ccc(Br)cc1. The molecule has 0 radical (unpaired) electrons. The second-order valence-corrected chi connectivity index (χ2v) is 6.20. The second-order valence-electron chi connectivity index (χ2n) is 5.28. The van der Waals surface area contributed by atoms with Crippen molar-refractivity contribution in [2.75, 3.05) is 0 Å². The predicted molar refractivity (Wildman–Crippen MR) is 94.9 cm³/mol. The molecule has 23 heavy (non-hydrogen) atoms. The molecular weight excluding hydrogens is 354 g/mol. The van der Waals surface area contributed by atoms with E-state index in [9.17, 15) is 4.79 Å². The van der Waals surface area contributed by atoms with Gasteiger partial charge in [-0.2, -0.15) is 0 Å². The van der Waals surface area contributed by atoms with E-state index in [1.54, 1.807) is 0 Å². The highest BCUT2D eigenvalue weighted by Crippen LogP contribution is 2.28. The van der Waals surface area contributed by atoms with Crippen LogP contribution in [-0.4, -0.2) is 15.6 Å². The van der Waals surface area contributed by atoms with Gasteiger partial charge in [-0.25, -0.2) is 0 Å². The molecule has 3 nitrogen and oxygen atoms in total. The van der Waals surface area contributed by atoms with Crippen LogP contribution in [-0.2, 0) is 11.2 Å². The summed E-state index contributed by atoms with van der Waals surface area (Å²) in [5.74, 6) is -0.783. The molecule has 0 bridgehead atoms. The van der Waals surface area contributed by atoms with Crippen molar-refractivity contribution in [2.24, 2.45) is 0 Å². The van der Waals surface area contributed by atoms with Gasteiger partial charge in [-0.3, -0.25) is 4.79 Å². The van der Waals surface area contributed by atoms with Crippen molar-refractivity contribution in [3.8, 4) is 16.9 Å². The van der Waals surface area contributed by atoms with E-state index in [1.807, 2.05) is 48.5 Å². The molecule has 1 heterocycles. The smallest absolute Gasteiger partial charge is 0.303 e. The van der Waals surface area contributed by atoms with E-state index < -0.39 is 5.97 Å². The van der Waals surface area contributed by atoms with Gasteiger partial charge in [-0.15, -0.1) is 0 Å². The van der Waals surface area contributed by atoms with Crippen LogP contribution in [0.15, 0.2) is 71.2 Å². The summed E-state index contributed by atoms with van der Waals surface area (Å²) in [5, 5.41) is 8.98. The summed E-state index contributed by atoms with van der Waals surface area (Å²) in [6.45, 7) is 0. The van der Waals surface area contributed by atoms with Crippen LogP contribution in [0.25, 0.3) is 16.9 Å². The summed E-state index contributed by atoms with van der Waals surface area (Å²) in [6, 6.07) is 22.2. The molecule has 4 heteroatoms. The Bertz CT molecular complexity index is 807. The summed E-state index contributed by atoms with van der Waals surface area (Å²) in [6.07, 6.45) is 0.618.